The van der Waals surface area contributed by atoms with Crippen molar-refractivity contribution in [1.82, 2.24) is 15.0 Å². The fourth-order valence-electron chi connectivity index (χ4n) is 2.79. The summed E-state index contributed by atoms with van der Waals surface area (Å²) < 4.78 is 39.9. The number of hydrogen-bond acceptors (Lipinski definition) is 5. The number of nitrogens with one attached hydrogen (secondary N) is 3. The monoisotopic (exact) mass is 403 g/mol. The molecule has 1 amide bonds. The van der Waals surface area contributed by atoms with E-state index in [-0.39, 0.29) is 23.3 Å². The quantitative estimate of drug-likeness (QED) is 0.547. The van der Waals surface area contributed by atoms with Crippen molar-refractivity contribution in [3.63, 3.8) is 0 Å². The van der Waals surface area contributed by atoms with E-state index in [4.69, 9.17) is 0 Å². The minimum atomic E-state index is -3.61. The van der Waals surface area contributed by atoms with Crippen molar-refractivity contribution in [3.05, 3.63) is 36.4 Å². The van der Waals surface area contributed by atoms with Gasteiger partial charge in [-0.05, 0) is 44.0 Å². The molecule has 1 saturated carbocycles. The van der Waals surface area contributed by atoms with E-state index in [0.29, 0.717) is 28.1 Å². The number of aromatic nitrogens is 3. The summed E-state index contributed by atoms with van der Waals surface area (Å²) in [6.07, 6.45) is 3.42. The van der Waals surface area contributed by atoms with Crippen LogP contribution >= 0.6 is 0 Å². The molecule has 3 aromatic rings. The van der Waals surface area contributed by atoms with Crippen molar-refractivity contribution < 1.29 is 17.6 Å². The second-order valence-corrected chi connectivity index (χ2v) is 8.61. The average molecular weight is 403 g/mol. The number of aromatic amines is 1. The van der Waals surface area contributed by atoms with Gasteiger partial charge in [-0.25, -0.2) is 18.4 Å². The predicted octanol–water partition coefficient (Wildman–Crippen LogP) is 2.87. The van der Waals surface area contributed by atoms with Crippen LogP contribution in [0.2, 0.25) is 0 Å². The van der Waals surface area contributed by atoms with Gasteiger partial charge in [-0.2, -0.15) is 4.39 Å². The summed E-state index contributed by atoms with van der Waals surface area (Å²) >= 11 is 0. The predicted molar refractivity (Wildman–Crippen MR) is 104 cm³/mol. The second-order valence-electron chi connectivity index (χ2n) is 6.60. The van der Waals surface area contributed by atoms with Gasteiger partial charge in [0.1, 0.15) is 17.2 Å². The van der Waals surface area contributed by atoms with E-state index >= 15 is 0 Å². The lowest BCUT2D eigenvalue weighted by molar-refractivity contribution is -0.117. The minimum absolute atomic E-state index is 0.0195. The SMILES string of the molecule is CCS(=O)(=O)Nc1ccc(-c2cc(NC(=O)C3CC3)nc3[nH]ccc23)nc1F. The van der Waals surface area contributed by atoms with Crippen LogP contribution in [-0.4, -0.2) is 35.0 Å². The molecule has 0 spiro atoms. The molecule has 3 N–H and O–H groups in total. The third-order valence-electron chi connectivity index (χ3n) is 4.50. The Morgan fingerprint density at radius 1 is 1.29 bits per heavy atom. The van der Waals surface area contributed by atoms with Crippen LogP contribution in [-0.2, 0) is 14.8 Å². The standard InChI is InChI=1S/C18H18FN5O3S/c1-2-28(26,27)24-14-6-5-13(21-16(14)19)12-9-15(23-18(25)10-3-4-10)22-17-11(12)7-8-20-17/h5-10,24H,2-4H2,1H3,(H2,20,22,23,25). The highest BCUT2D eigenvalue weighted by Gasteiger charge is 2.30. The van der Waals surface area contributed by atoms with Gasteiger partial charge >= 0.3 is 0 Å². The molecular formula is C18H18FN5O3S. The molecule has 8 nitrogen and oxygen atoms in total. The fourth-order valence-corrected chi connectivity index (χ4v) is 3.42. The zero-order valence-electron chi connectivity index (χ0n) is 15.0. The lowest BCUT2D eigenvalue weighted by atomic mass is 10.1. The summed E-state index contributed by atoms with van der Waals surface area (Å²) in [5.74, 6) is -0.829. The Kier molecular flexibility index (Phi) is 4.50. The molecule has 1 fully saturated rings. The van der Waals surface area contributed by atoms with E-state index < -0.39 is 16.0 Å². The number of halogens is 1. The lowest BCUT2D eigenvalue weighted by Gasteiger charge is -2.10. The number of pyridine rings is 2. The summed E-state index contributed by atoms with van der Waals surface area (Å²) in [6.45, 7) is 1.46. The highest BCUT2D eigenvalue weighted by Crippen LogP contribution is 2.33. The number of carbonyl (C=O) groups excluding carboxylic acids is 1. The summed E-state index contributed by atoms with van der Waals surface area (Å²) in [6, 6.07) is 6.25. The molecule has 0 aliphatic heterocycles. The maximum absolute atomic E-state index is 14.4. The minimum Gasteiger partial charge on any atom is -0.346 e. The Bertz CT molecular complexity index is 1170. The van der Waals surface area contributed by atoms with Crippen molar-refractivity contribution in [2.45, 2.75) is 19.8 Å². The van der Waals surface area contributed by atoms with Gasteiger partial charge in [-0.1, -0.05) is 0 Å². The Labute approximate surface area is 160 Å². The smallest absolute Gasteiger partial charge is 0.237 e. The first-order chi connectivity index (χ1) is 13.4. The summed E-state index contributed by atoms with van der Waals surface area (Å²) in [7, 11) is -3.61. The zero-order valence-corrected chi connectivity index (χ0v) is 15.8. The first kappa shape index (κ1) is 18.4. The van der Waals surface area contributed by atoms with Crippen LogP contribution in [0, 0.1) is 11.9 Å². The number of H-pyrrole nitrogens is 1. The van der Waals surface area contributed by atoms with Crippen molar-refractivity contribution in [1.29, 1.82) is 0 Å². The van der Waals surface area contributed by atoms with Crippen LogP contribution in [0.5, 0.6) is 0 Å². The Morgan fingerprint density at radius 2 is 2.07 bits per heavy atom. The number of carbonyl (C=O) groups is 1. The molecule has 1 aliphatic rings. The van der Waals surface area contributed by atoms with E-state index in [0.717, 1.165) is 12.8 Å². The van der Waals surface area contributed by atoms with Crippen LogP contribution in [0.4, 0.5) is 15.9 Å². The van der Waals surface area contributed by atoms with Crippen LogP contribution in [0.1, 0.15) is 19.8 Å². The normalized spacial score (nSPS) is 14.2. The molecule has 146 valence electrons. The van der Waals surface area contributed by atoms with Crippen molar-refractivity contribution >= 4 is 38.5 Å². The van der Waals surface area contributed by atoms with Crippen LogP contribution < -0.4 is 10.0 Å². The number of rotatable bonds is 6. The van der Waals surface area contributed by atoms with E-state index in [1.165, 1.54) is 19.1 Å². The van der Waals surface area contributed by atoms with Gasteiger partial charge in [-0.15, -0.1) is 0 Å². The lowest BCUT2D eigenvalue weighted by Crippen LogP contribution is -2.16. The van der Waals surface area contributed by atoms with Crippen molar-refractivity contribution in [2.24, 2.45) is 5.92 Å². The third kappa shape index (κ3) is 3.68. The van der Waals surface area contributed by atoms with E-state index in [2.05, 4.69) is 25.0 Å². The molecule has 28 heavy (non-hydrogen) atoms. The fraction of sp³-hybridized carbons (Fsp3) is 0.278. The van der Waals surface area contributed by atoms with E-state index in [1.807, 2.05) is 0 Å². The topological polar surface area (TPSA) is 117 Å². The number of hydrogen-bond donors (Lipinski definition) is 3. The number of sulfonamides is 1. The molecule has 3 aromatic heterocycles. The van der Waals surface area contributed by atoms with Gasteiger partial charge in [0, 0.05) is 23.1 Å². The largest absolute Gasteiger partial charge is 0.346 e. The number of nitrogens with zero attached hydrogens (tertiary/aromatic N) is 2. The maximum Gasteiger partial charge on any atom is 0.237 e. The molecular weight excluding hydrogens is 385 g/mol. The summed E-state index contributed by atoms with van der Waals surface area (Å²) in [5, 5.41) is 3.48. The molecule has 0 saturated heterocycles. The molecule has 0 bridgehead atoms. The molecule has 0 aromatic carbocycles. The average Bonchev–Trinajstić information content (AvgIpc) is 3.41. The molecule has 3 heterocycles. The van der Waals surface area contributed by atoms with Crippen LogP contribution in [0.3, 0.4) is 0 Å². The zero-order chi connectivity index (χ0) is 19.9. The van der Waals surface area contributed by atoms with Gasteiger partial charge in [0.2, 0.25) is 21.9 Å². The number of amides is 1. The van der Waals surface area contributed by atoms with Gasteiger partial charge in [0.25, 0.3) is 0 Å². The van der Waals surface area contributed by atoms with Crippen molar-refractivity contribution in [2.75, 3.05) is 15.8 Å². The highest BCUT2D eigenvalue weighted by molar-refractivity contribution is 7.92. The first-order valence-electron chi connectivity index (χ1n) is 8.82. The maximum atomic E-state index is 14.4. The van der Waals surface area contributed by atoms with Crippen molar-refractivity contribution in [3.8, 4) is 11.3 Å². The van der Waals surface area contributed by atoms with Gasteiger partial charge < -0.3 is 10.3 Å². The Balaban J connectivity index is 1.72. The molecule has 0 unspecified atom stereocenters. The molecule has 0 radical (unpaired) electrons. The molecule has 4 rings (SSSR count). The van der Waals surface area contributed by atoms with E-state index in [1.54, 1.807) is 18.3 Å². The molecule has 10 heteroatoms. The van der Waals surface area contributed by atoms with Gasteiger partial charge in [0.05, 0.1) is 11.4 Å². The second kappa shape index (κ2) is 6.86. The Hall–Kier alpha value is -3.01. The van der Waals surface area contributed by atoms with Crippen LogP contribution in [0.25, 0.3) is 22.3 Å². The highest BCUT2D eigenvalue weighted by atomic mass is 32.2. The third-order valence-corrected chi connectivity index (χ3v) is 5.79. The number of anilines is 2. The van der Waals surface area contributed by atoms with E-state index in [9.17, 15) is 17.6 Å². The summed E-state index contributed by atoms with van der Waals surface area (Å²) in [4.78, 5) is 23.3. The molecule has 0 atom stereocenters. The van der Waals surface area contributed by atoms with Gasteiger partial charge in [0.15, 0.2) is 0 Å². The first-order valence-corrected chi connectivity index (χ1v) is 10.5. The molecule has 1 aliphatic carbocycles. The summed E-state index contributed by atoms with van der Waals surface area (Å²) in [5.41, 5.74) is 1.18. The number of fused-ring (bicyclic) bond motifs is 1. The Morgan fingerprint density at radius 3 is 2.75 bits per heavy atom. The van der Waals surface area contributed by atoms with Gasteiger partial charge in [-0.3, -0.25) is 9.52 Å². The van der Waals surface area contributed by atoms with Crippen LogP contribution in [0.15, 0.2) is 30.5 Å².